The third-order valence-corrected chi connectivity index (χ3v) is 2.71. The van der Waals surface area contributed by atoms with E-state index in [0.717, 1.165) is 6.42 Å². The topological polar surface area (TPSA) is 0 Å². The van der Waals surface area contributed by atoms with E-state index in [-0.39, 0.29) is 26.2 Å². The molecule has 0 N–H and O–H groups in total. The Morgan fingerprint density at radius 3 is 2.73 bits per heavy atom. The van der Waals surface area contributed by atoms with Crippen molar-refractivity contribution in [2.24, 2.45) is 0 Å². The van der Waals surface area contributed by atoms with Gasteiger partial charge < -0.3 is 0 Å². The van der Waals surface area contributed by atoms with Crippen LogP contribution in [0.3, 0.4) is 0 Å². The third-order valence-electron chi connectivity index (χ3n) is 2.71. The Kier molecular flexibility index (Phi) is 6.02. The largest absolute Gasteiger partial charge is 2.00 e. The molecular weight excluding hydrogens is 259 g/mol. The van der Waals surface area contributed by atoms with Crippen LogP contribution in [0.25, 0.3) is 0 Å². The van der Waals surface area contributed by atoms with Crippen LogP contribution in [0.2, 0.25) is 0 Å². The van der Waals surface area contributed by atoms with E-state index >= 15 is 0 Å². The van der Waals surface area contributed by atoms with Crippen molar-refractivity contribution in [2.75, 3.05) is 0 Å². The zero-order valence-corrected chi connectivity index (χ0v) is 11.5. The Balaban J connectivity index is 0.000000162. The van der Waals surface area contributed by atoms with Gasteiger partial charge in [-0.05, 0) is 0 Å². The maximum atomic E-state index is 2.99. The molecule has 0 saturated carbocycles. The average molecular weight is 276 g/mol. The molecule has 3 rings (SSSR count). The monoisotopic (exact) mass is 274 g/mol. The minimum absolute atomic E-state index is 0. The molecule has 0 radical (unpaired) electrons. The summed E-state index contributed by atoms with van der Waals surface area (Å²) in [6.07, 6.45) is 22.1. The van der Waals surface area contributed by atoms with E-state index < -0.39 is 0 Å². The molecule has 3 aliphatic rings. The normalized spacial score (nSPS) is 20.3. The van der Waals surface area contributed by atoms with E-state index in [1.807, 2.05) is 12.2 Å². The summed E-state index contributed by atoms with van der Waals surface area (Å²) < 4.78 is 0. The fraction of sp³-hybridized carbons (Fsp3) is 0.357. The Hall–Kier alpha value is -0.287. The summed E-state index contributed by atoms with van der Waals surface area (Å²) in [5, 5.41) is 0. The molecule has 3 aliphatic carbocycles. The molecule has 0 bridgehead atoms. The molecular formula is C14H16Zr. The van der Waals surface area contributed by atoms with Gasteiger partial charge in [-0.1, -0.05) is 25.7 Å². The van der Waals surface area contributed by atoms with Gasteiger partial charge in [0.05, 0.1) is 0 Å². The predicted molar refractivity (Wildman–Crippen MR) is 60.5 cm³/mol. The van der Waals surface area contributed by atoms with Gasteiger partial charge in [-0.15, -0.1) is 12.5 Å². The van der Waals surface area contributed by atoms with Crippen molar-refractivity contribution in [3.63, 3.8) is 0 Å². The van der Waals surface area contributed by atoms with Gasteiger partial charge in [-0.3, -0.25) is 6.08 Å². The maximum Gasteiger partial charge on any atom is 2.00 e. The molecule has 76 valence electrons. The minimum Gasteiger partial charge on any atom is -0.273 e. The van der Waals surface area contributed by atoms with E-state index in [9.17, 15) is 0 Å². The summed E-state index contributed by atoms with van der Waals surface area (Å²) in [6.45, 7) is 0. The van der Waals surface area contributed by atoms with Gasteiger partial charge in [-0.2, -0.15) is 29.7 Å². The molecule has 0 atom stereocenters. The van der Waals surface area contributed by atoms with E-state index in [0.29, 0.717) is 0 Å². The van der Waals surface area contributed by atoms with Crippen LogP contribution in [-0.4, -0.2) is 0 Å². The second kappa shape index (κ2) is 7.06. The molecule has 0 spiro atoms. The van der Waals surface area contributed by atoms with E-state index in [1.165, 1.54) is 31.3 Å². The van der Waals surface area contributed by atoms with Crippen molar-refractivity contribution in [1.29, 1.82) is 0 Å². The van der Waals surface area contributed by atoms with Crippen molar-refractivity contribution in [2.45, 2.75) is 32.1 Å². The van der Waals surface area contributed by atoms with Crippen molar-refractivity contribution in [3.8, 4) is 0 Å². The van der Waals surface area contributed by atoms with Gasteiger partial charge >= 0.3 is 26.2 Å². The summed E-state index contributed by atoms with van der Waals surface area (Å²) in [6, 6.07) is 0. The van der Waals surface area contributed by atoms with Crippen LogP contribution >= 0.6 is 0 Å². The summed E-state index contributed by atoms with van der Waals surface area (Å²) >= 11 is 0. The third kappa shape index (κ3) is 3.99. The smallest absolute Gasteiger partial charge is 0.273 e. The molecule has 0 saturated heterocycles. The standard InChI is InChI=1S/C9H11.C5H5.Zr/c1-2-5-9-7-3-6-8(9)4-1;1-2-4-5-3-1;/h1,4,6H,2-3,5,7H2;1-3H,4H2;/q2*-1;+2. The zero-order valence-electron chi connectivity index (χ0n) is 9.00. The molecule has 0 aromatic heterocycles. The van der Waals surface area contributed by atoms with Crippen molar-refractivity contribution in [3.05, 3.63) is 54.0 Å². The van der Waals surface area contributed by atoms with Crippen LogP contribution in [0.5, 0.6) is 0 Å². The predicted octanol–water partition coefficient (Wildman–Crippen LogP) is 3.93. The molecule has 0 fully saturated rings. The van der Waals surface area contributed by atoms with Crippen molar-refractivity contribution < 1.29 is 26.2 Å². The fourth-order valence-corrected chi connectivity index (χ4v) is 1.95. The van der Waals surface area contributed by atoms with Gasteiger partial charge in [0.15, 0.2) is 0 Å². The van der Waals surface area contributed by atoms with Crippen LogP contribution in [-0.2, 0) is 26.2 Å². The van der Waals surface area contributed by atoms with Gasteiger partial charge in [0.1, 0.15) is 0 Å². The van der Waals surface area contributed by atoms with Crippen LogP contribution in [0.1, 0.15) is 32.1 Å². The molecule has 0 aliphatic heterocycles. The maximum absolute atomic E-state index is 2.99. The number of rotatable bonds is 0. The van der Waals surface area contributed by atoms with Crippen LogP contribution in [0.4, 0.5) is 0 Å². The van der Waals surface area contributed by atoms with E-state index in [2.05, 4.69) is 30.7 Å². The Labute approximate surface area is 112 Å². The summed E-state index contributed by atoms with van der Waals surface area (Å²) in [5.41, 5.74) is 3.22. The SMILES string of the molecule is C1=CC2=C(CC1)CC[CH-]2.[C-]1=CC=CC1.[Zr+2]. The molecule has 0 aromatic carbocycles. The zero-order chi connectivity index (χ0) is 9.64. The average Bonchev–Trinajstić information content (AvgIpc) is 2.92. The van der Waals surface area contributed by atoms with Crippen molar-refractivity contribution in [1.82, 2.24) is 0 Å². The second-order valence-electron chi connectivity index (χ2n) is 3.75. The van der Waals surface area contributed by atoms with Crippen LogP contribution < -0.4 is 0 Å². The van der Waals surface area contributed by atoms with Gasteiger partial charge in [0.25, 0.3) is 0 Å². The van der Waals surface area contributed by atoms with E-state index in [4.69, 9.17) is 0 Å². The summed E-state index contributed by atoms with van der Waals surface area (Å²) in [5.74, 6) is 0. The van der Waals surface area contributed by atoms with Gasteiger partial charge in [0.2, 0.25) is 0 Å². The molecule has 1 heteroatoms. The first-order chi connectivity index (χ1) is 6.97. The summed E-state index contributed by atoms with van der Waals surface area (Å²) in [4.78, 5) is 0. The van der Waals surface area contributed by atoms with Gasteiger partial charge in [-0.25, -0.2) is 12.2 Å². The Bertz CT molecular complexity index is 295. The fourth-order valence-electron chi connectivity index (χ4n) is 1.95. The number of hydrogen-bond donors (Lipinski definition) is 0. The second-order valence-corrected chi connectivity index (χ2v) is 3.75. The first-order valence-corrected chi connectivity index (χ1v) is 5.40. The molecule has 0 aromatic rings. The van der Waals surface area contributed by atoms with Gasteiger partial charge in [0, 0.05) is 0 Å². The number of hydrogen-bond acceptors (Lipinski definition) is 0. The molecule has 0 heterocycles. The Morgan fingerprint density at radius 1 is 1.20 bits per heavy atom. The Morgan fingerprint density at radius 2 is 2.13 bits per heavy atom. The van der Waals surface area contributed by atoms with Crippen LogP contribution in [0.15, 0.2) is 41.5 Å². The van der Waals surface area contributed by atoms with E-state index in [1.54, 1.807) is 5.57 Å². The molecule has 0 amide bonds. The molecule has 15 heavy (non-hydrogen) atoms. The quantitative estimate of drug-likeness (QED) is 0.588. The first kappa shape index (κ1) is 12.8. The number of allylic oxidation sites excluding steroid dienone is 8. The minimum atomic E-state index is 0. The van der Waals surface area contributed by atoms with Crippen LogP contribution in [0, 0.1) is 12.5 Å². The molecule has 0 nitrogen and oxygen atoms in total. The van der Waals surface area contributed by atoms with Crippen molar-refractivity contribution >= 4 is 0 Å². The molecule has 0 unspecified atom stereocenters. The summed E-state index contributed by atoms with van der Waals surface area (Å²) in [7, 11) is 0. The first-order valence-electron chi connectivity index (χ1n) is 5.40.